The predicted molar refractivity (Wildman–Crippen MR) is 74.9 cm³/mol. The first kappa shape index (κ1) is 14.8. The van der Waals surface area contributed by atoms with E-state index in [2.05, 4.69) is 27.7 Å². The number of halogens is 2. The molecule has 3 rings (SSSR count). The summed E-state index contributed by atoms with van der Waals surface area (Å²) in [4.78, 5) is 0. The first-order valence-corrected chi connectivity index (χ1v) is 7.78. The normalized spacial score (nSPS) is 34.2. The topological polar surface area (TPSA) is 18.5 Å². The van der Waals surface area contributed by atoms with E-state index < -0.39 is 5.92 Å². The molecule has 0 aromatic rings. The van der Waals surface area contributed by atoms with Crippen LogP contribution in [-0.4, -0.2) is 24.2 Å². The summed E-state index contributed by atoms with van der Waals surface area (Å²) in [5.41, 5.74) is -0.435. The standard InChI is InChI=1S/C15H25BF2O2/c1-12(2)13(3,4)20-16(19-12)11-9-14(10-11)5-7-15(17,18)8-6-14/h11H,5-10H2,1-4H3. The van der Waals surface area contributed by atoms with Gasteiger partial charge in [-0.2, -0.15) is 0 Å². The van der Waals surface area contributed by atoms with E-state index in [0.717, 1.165) is 12.8 Å². The second-order valence-corrected chi connectivity index (χ2v) is 8.15. The number of hydrogen-bond acceptors (Lipinski definition) is 2. The molecule has 0 bridgehead atoms. The van der Waals surface area contributed by atoms with Gasteiger partial charge in [-0.15, -0.1) is 0 Å². The van der Waals surface area contributed by atoms with Crippen molar-refractivity contribution in [2.75, 3.05) is 0 Å². The number of hydrogen-bond donors (Lipinski definition) is 0. The third-order valence-electron chi connectivity index (χ3n) is 6.09. The van der Waals surface area contributed by atoms with E-state index >= 15 is 0 Å². The fourth-order valence-corrected chi connectivity index (χ4v) is 3.88. The van der Waals surface area contributed by atoms with Crippen molar-refractivity contribution in [1.82, 2.24) is 0 Å². The lowest BCUT2D eigenvalue weighted by molar-refractivity contribution is -0.0881. The van der Waals surface area contributed by atoms with Crippen molar-refractivity contribution in [2.45, 2.75) is 89.2 Å². The molecule has 1 heterocycles. The largest absolute Gasteiger partial charge is 0.461 e. The molecule has 1 spiro atoms. The lowest BCUT2D eigenvalue weighted by atomic mass is 9.46. The van der Waals surface area contributed by atoms with Crippen LogP contribution in [-0.2, 0) is 9.31 Å². The van der Waals surface area contributed by atoms with Gasteiger partial charge in [0.05, 0.1) is 11.2 Å². The minimum Gasteiger partial charge on any atom is -0.403 e. The highest BCUT2D eigenvalue weighted by molar-refractivity contribution is 6.47. The molecule has 5 heteroatoms. The lowest BCUT2D eigenvalue weighted by Crippen LogP contribution is -2.46. The zero-order chi connectivity index (χ0) is 14.8. The summed E-state index contributed by atoms with van der Waals surface area (Å²) in [6.45, 7) is 8.23. The van der Waals surface area contributed by atoms with E-state index in [9.17, 15) is 8.78 Å². The van der Waals surface area contributed by atoms with Crippen molar-refractivity contribution < 1.29 is 18.1 Å². The van der Waals surface area contributed by atoms with E-state index in [-0.39, 0.29) is 36.6 Å². The van der Waals surface area contributed by atoms with Crippen LogP contribution in [0.5, 0.6) is 0 Å². The summed E-state index contributed by atoms with van der Waals surface area (Å²) in [6.07, 6.45) is 3.41. The molecule has 0 aromatic heterocycles. The zero-order valence-corrected chi connectivity index (χ0v) is 13.0. The van der Waals surface area contributed by atoms with Crippen LogP contribution in [0.25, 0.3) is 0 Å². The molecule has 3 aliphatic rings. The molecule has 20 heavy (non-hydrogen) atoms. The van der Waals surface area contributed by atoms with Gasteiger partial charge in [0.25, 0.3) is 0 Å². The van der Waals surface area contributed by atoms with Crippen LogP contribution < -0.4 is 0 Å². The Hall–Kier alpha value is -0.155. The SMILES string of the molecule is CC1(C)OB(C2CC3(CCC(F)(F)CC3)C2)OC1(C)C. The predicted octanol–water partition coefficient (Wildman–Crippen LogP) is 4.44. The Balaban J connectivity index is 1.57. The Morgan fingerprint density at radius 1 is 0.850 bits per heavy atom. The van der Waals surface area contributed by atoms with Gasteiger partial charge in [-0.3, -0.25) is 0 Å². The van der Waals surface area contributed by atoms with Crippen molar-refractivity contribution in [2.24, 2.45) is 5.41 Å². The third kappa shape index (κ3) is 2.31. The minimum atomic E-state index is -2.43. The molecule has 1 aliphatic heterocycles. The molecule has 0 radical (unpaired) electrons. The van der Waals surface area contributed by atoms with Crippen molar-refractivity contribution in [3.05, 3.63) is 0 Å². The molecule has 1 saturated heterocycles. The summed E-state index contributed by atoms with van der Waals surface area (Å²) in [5.74, 6) is -2.05. The maximum absolute atomic E-state index is 13.3. The number of rotatable bonds is 1. The van der Waals surface area contributed by atoms with Crippen LogP contribution in [0.4, 0.5) is 8.78 Å². The molecule has 2 saturated carbocycles. The Bertz CT molecular complexity index is 375. The van der Waals surface area contributed by atoms with Gasteiger partial charge in [0, 0.05) is 12.8 Å². The molecule has 0 atom stereocenters. The quantitative estimate of drug-likeness (QED) is 0.663. The van der Waals surface area contributed by atoms with Crippen LogP contribution in [0.1, 0.15) is 66.2 Å². The van der Waals surface area contributed by atoms with E-state index in [1.165, 1.54) is 0 Å². The average molecular weight is 286 g/mol. The van der Waals surface area contributed by atoms with Crippen LogP contribution in [0.2, 0.25) is 5.82 Å². The molecule has 0 N–H and O–H groups in total. The summed E-state index contributed by atoms with van der Waals surface area (Å²) in [5, 5.41) is 0. The van der Waals surface area contributed by atoms with E-state index in [1.54, 1.807) is 0 Å². The first-order chi connectivity index (χ1) is 9.04. The van der Waals surface area contributed by atoms with Gasteiger partial charge >= 0.3 is 7.12 Å². The fraction of sp³-hybridized carbons (Fsp3) is 1.00. The highest BCUT2D eigenvalue weighted by Crippen LogP contribution is 2.62. The van der Waals surface area contributed by atoms with Gasteiger partial charge < -0.3 is 9.31 Å². The monoisotopic (exact) mass is 286 g/mol. The molecular weight excluding hydrogens is 261 g/mol. The molecule has 3 fully saturated rings. The molecule has 0 unspecified atom stereocenters. The number of alkyl halides is 2. The fourth-order valence-electron chi connectivity index (χ4n) is 3.88. The van der Waals surface area contributed by atoms with Gasteiger partial charge in [-0.05, 0) is 64.6 Å². The van der Waals surface area contributed by atoms with Crippen LogP contribution in [0, 0.1) is 5.41 Å². The summed E-state index contributed by atoms with van der Waals surface area (Å²) < 4.78 is 38.7. The molecule has 2 aliphatic carbocycles. The Kier molecular flexibility index (Phi) is 3.09. The minimum absolute atomic E-state index is 0.0586. The highest BCUT2D eigenvalue weighted by Gasteiger charge is 2.60. The van der Waals surface area contributed by atoms with Gasteiger partial charge in [0.2, 0.25) is 5.92 Å². The van der Waals surface area contributed by atoms with Gasteiger partial charge in [0.15, 0.2) is 0 Å². The Morgan fingerprint density at radius 3 is 1.75 bits per heavy atom. The van der Waals surface area contributed by atoms with E-state index in [0.29, 0.717) is 18.7 Å². The second kappa shape index (κ2) is 4.19. The van der Waals surface area contributed by atoms with Gasteiger partial charge in [-0.25, -0.2) is 8.78 Å². The second-order valence-electron chi connectivity index (χ2n) is 8.15. The summed E-state index contributed by atoms with van der Waals surface area (Å²) >= 11 is 0. The van der Waals surface area contributed by atoms with Crippen molar-refractivity contribution in [3.8, 4) is 0 Å². The smallest absolute Gasteiger partial charge is 0.403 e. The lowest BCUT2D eigenvalue weighted by Gasteiger charge is -2.52. The van der Waals surface area contributed by atoms with Crippen LogP contribution in [0.3, 0.4) is 0 Å². The van der Waals surface area contributed by atoms with Crippen molar-refractivity contribution in [1.29, 1.82) is 0 Å². The van der Waals surface area contributed by atoms with E-state index in [4.69, 9.17) is 9.31 Å². The van der Waals surface area contributed by atoms with E-state index in [1.807, 2.05) is 0 Å². The molecule has 0 aromatic carbocycles. The van der Waals surface area contributed by atoms with Crippen LogP contribution >= 0.6 is 0 Å². The Labute approximate surface area is 120 Å². The average Bonchev–Trinajstić information content (AvgIpc) is 2.45. The maximum atomic E-state index is 13.3. The van der Waals surface area contributed by atoms with Crippen LogP contribution in [0.15, 0.2) is 0 Å². The van der Waals surface area contributed by atoms with Gasteiger partial charge in [0.1, 0.15) is 0 Å². The molecule has 114 valence electrons. The maximum Gasteiger partial charge on any atom is 0.461 e. The summed E-state index contributed by atoms with van der Waals surface area (Å²) in [6, 6.07) is 0. The Morgan fingerprint density at radius 2 is 1.30 bits per heavy atom. The molecule has 2 nitrogen and oxygen atoms in total. The zero-order valence-electron chi connectivity index (χ0n) is 13.0. The highest BCUT2D eigenvalue weighted by atomic mass is 19.3. The molecular formula is C15H25BF2O2. The first-order valence-electron chi connectivity index (χ1n) is 7.78. The third-order valence-corrected chi connectivity index (χ3v) is 6.09. The summed E-state index contributed by atoms with van der Waals surface area (Å²) in [7, 11) is -0.159. The molecule has 0 amide bonds. The van der Waals surface area contributed by atoms with Crippen molar-refractivity contribution in [3.63, 3.8) is 0 Å². The van der Waals surface area contributed by atoms with Gasteiger partial charge in [-0.1, -0.05) is 0 Å². The van der Waals surface area contributed by atoms with Crippen molar-refractivity contribution >= 4 is 7.12 Å².